The van der Waals surface area contributed by atoms with E-state index in [-0.39, 0.29) is 0 Å². The molecular weight excluding hydrogens is 186 g/mol. The minimum absolute atomic E-state index is 0.857. The minimum atomic E-state index is 0.857. The summed E-state index contributed by atoms with van der Waals surface area (Å²) in [5, 5.41) is 0. The van der Waals surface area contributed by atoms with E-state index in [4.69, 9.17) is 0 Å². The summed E-state index contributed by atoms with van der Waals surface area (Å²) in [7, 11) is 0. The summed E-state index contributed by atoms with van der Waals surface area (Å²) in [5.41, 5.74) is 1.41. The van der Waals surface area contributed by atoms with E-state index in [0.29, 0.717) is 0 Å². The third kappa shape index (κ3) is 2.29. The number of hydrogen-bond donors (Lipinski definition) is 0. The molecular formula is C12H17N3. The number of imidazole rings is 1. The molecule has 0 unspecified atom stereocenters. The molecule has 0 aromatic carbocycles. The maximum absolute atomic E-state index is 4.21. The second-order valence-corrected chi connectivity index (χ2v) is 3.87. The van der Waals surface area contributed by atoms with Crippen LogP contribution < -0.4 is 0 Å². The zero-order valence-electron chi connectivity index (χ0n) is 9.35. The number of nitrogens with zero attached hydrogens (tertiary/aromatic N) is 3. The Morgan fingerprint density at radius 3 is 2.87 bits per heavy atom. The summed E-state index contributed by atoms with van der Waals surface area (Å²) in [5.74, 6) is 1.06. The quantitative estimate of drug-likeness (QED) is 0.748. The van der Waals surface area contributed by atoms with Gasteiger partial charge in [-0.1, -0.05) is 13.3 Å². The van der Waals surface area contributed by atoms with E-state index in [1.54, 1.807) is 0 Å². The van der Waals surface area contributed by atoms with Gasteiger partial charge in [0.05, 0.1) is 6.67 Å². The van der Waals surface area contributed by atoms with Crippen LogP contribution in [0.2, 0.25) is 0 Å². The number of hydrogen-bond acceptors (Lipinski definition) is 1. The third-order valence-electron chi connectivity index (χ3n) is 2.59. The predicted molar refractivity (Wildman–Crippen MR) is 60.8 cm³/mol. The van der Waals surface area contributed by atoms with Crippen molar-refractivity contribution in [2.75, 3.05) is 0 Å². The summed E-state index contributed by atoms with van der Waals surface area (Å²) in [6, 6.07) is 2.19. The van der Waals surface area contributed by atoms with Crippen molar-refractivity contribution in [3.8, 4) is 0 Å². The van der Waals surface area contributed by atoms with E-state index < -0.39 is 0 Å². The Balaban J connectivity index is 2.08. The standard InChI is InChI=1S/C12H17N3/c1-3-4-12-5-7-14(9-12)10-15-8-6-13-11(15)2/h5-9H,3-4,10H2,1-2H3. The van der Waals surface area contributed by atoms with Gasteiger partial charge < -0.3 is 9.13 Å². The maximum Gasteiger partial charge on any atom is 0.106 e. The van der Waals surface area contributed by atoms with Crippen LogP contribution in [-0.4, -0.2) is 14.1 Å². The third-order valence-corrected chi connectivity index (χ3v) is 2.59. The van der Waals surface area contributed by atoms with Crippen LogP contribution in [0.5, 0.6) is 0 Å². The fourth-order valence-corrected chi connectivity index (χ4v) is 1.74. The first-order valence-electron chi connectivity index (χ1n) is 5.42. The topological polar surface area (TPSA) is 22.8 Å². The molecule has 0 saturated carbocycles. The van der Waals surface area contributed by atoms with Gasteiger partial charge in [-0.15, -0.1) is 0 Å². The van der Waals surface area contributed by atoms with Gasteiger partial charge in [0.25, 0.3) is 0 Å². The SMILES string of the molecule is CCCc1ccn(Cn2ccnc2C)c1. The van der Waals surface area contributed by atoms with Gasteiger partial charge in [-0.3, -0.25) is 0 Å². The molecule has 0 spiro atoms. The van der Waals surface area contributed by atoms with Crippen LogP contribution in [0.15, 0.2) is 30.9 Å². The van der Waals surface area contributed by atoms with Crippen LogP contribution in [0.1, 0.15) is 24.7 Å². The molecule has 0 aliphatic carbocycles. The molecule has 15 heavy (non-hydrogen) atoms. The zero-order chi connectivity index (χ0) is 10.7. The molecule has 3 heteroatoms. The molecule has 0 aliphatic rings. The average molecular weight is 203 g/mol. The second-order valence-electron chi connectivity index (χ2n) is 3.87. The number of aromatic nitrogens is 3. The molecule has 2 aromatic rings. The Bertz CT molecular complexity index is 426. The fraction of sp³-hybridized carbons (Fsp3) is 0.417. The lowest BCUT2D eigenvalue weighted by molar-refractivity contribution is 0.594. The lowest BCUT2D eigenvalue weighted by Gasteiger charge is -2.05. The van der Waals surface area contributed by atoms with E-state index in [9.17, 15) is 0 Å². The van der Waals surface area contributed by atoms with Gasteiger partial charge in [0.2, 0.25) is 0 Å². The summed E-state index contributed by atoms with van der Waals surface area (Å²) >= 11 is 0. The van der Waals surface area contributed by atoms with Gasteiger partial charge in [0.1, 0.15) is 5.82 Å². The van der Waals surface area contributed by atoms with Crippen LogP contribution in [0.3, 0.4) is 0 Å². The van der Waals surface area contributed by atoms with Crippen molar-refractivity contribution in [2.24, 2.45) is 0 Å². The highest BCUT2D eigenvalue weighted by Crippen LogP contribution is 2.05. The molecule has 0 amide bonds. The summed E-state index contributed by atoms with van der Waals surface area (Å²) < 4.78 is 4.33. The van der Waals surface area contributed by atoms with Crippen LogP contribution in [0, 0.1) is 6.92 Å². The van der Waals surface area contributed by atoms with E-state index in [0.717, 1.165) is 18.9 Å². The highest BCUT2D eigenvalue weighted by molar-refractivity contribution is 5.10. The first kappa shape index (κ1) is 10.0. The van der Waals surface area contributed by atoms with Crippen LogP contribution in [0.4, 0.5) is 0 Å². The molecule has 0 aliphatic heterocycles. The normalized spacial score (nSPS) is 10.8. The van der Waals surface area contributed by atoms with Crippen molar-refractivity contribution >= 4 is 0 Å². The van der Waals surface area contributed by atoms with Crippen molar-refractivity contribution in [3.05, 3.63) is 42.2 Å². The summed E-state index contributed by atoms with van der Waals surface area (Å²) in [6.07, 6.45) is 10.6. The van der Waals surface area contributed by atoms with Crippen molar-refractivity contribution in [1.29, 1.82) is 0 Å². The van der Waals surface area contributed by atoms with E-state index in [1.165, 1.54) is 12.0 Å². The van der Waals surface area contributed by atoms with Gasteiger partial charge in [0, 0.05) is 24.8 Å². The summed E-state index contributed by atoms with van der Waals surface area (Å²) in [6.45, 7) is 5.09. The van der Waals surface area contributed by atoms with Gasteiger partial charge in [-0.05, 0) is 25.0 Å². The lowest BCUT2D eigenvalue weighted by atomic mass is 10.2. The van der Waals surface area contributed by atoms with Crippen molar-refractivity contribution in [3.63, 3.8) is 0 Å². The smallest absolute Gasteiger partial charge is 0.106 e. The zero-order valence-corrected chi connectivity index (χ0v) is 9.35. The van der Waals surface area contributed by atoms with Crippen molar-refractivity contribution in [1.82, 2.24) is 14.1 Å². The van der Waals surface area contributed by atoms with Crippen LogP contribution in [-0.2, 0) is 13.1 Å². The van der Waals surface area contributed by atoms with Gasteiger partial charge in [0.15, 0.2) is 0 Å². The second kappa shape index (κ2) is 4.34. The van der Waals surface area contributed by atoms with Gasteiger partial charge >= 0.3 is 0 Å². The molecule has 0 atom stereocenters. The molecule has 2 aromatic heterocycles. The number of aryl methyl sites for hydroxylation is 2. The molecule has 0 radical (unpaired) electrons. The van der Waals surface area contributed by atoms with Crippen LogP contribution in [0.25, 0.3) is 0 Å². The summed E-state index contributed by atoms with van der Waals surface area (Å²) in [4.78, 5) is 4.21. The molecule has 0 N–H and O–H groups in total. The Labute approximate surface area is 90.4 Å². The van der Waals surface area contributed by atoms with Gasteiger partial charge in [-0.25, -0.2) is 4.98 Å². The predicted octanol–water partition coefficient (Wildman–Crippen LogP) is 2.45. The molecule has 0 saturated heterocycles. The molecule has 3 nitrogen and oxygen atoms in total. The largest absolute Gasteiger partial charge is 0.336 e. The molecule has 0 bridgehead atoms. The van der Waals surface area contributed by atoms with Crippen molar-refractivity contribution in [2.45, 2.75) is 33.4 Å². The monoisotopic (exact) mass is 203 g/mol. The Morgan fingerprint density at radius 1 is 1.33 bits per heavy atom. The highest BCUT2D eigenvalue weighted by atomic mass is 15.2. The molecule has 80 valence electrons. The Kier molecular flexibility index (Phi) is 2.90. The van der Waals surface area contributed by atoms with Crippen molar-refractivity contribution < 1.29 is 0 Å². The number of rotatable bonds is 4. The lowest BCUT2D eigenvalue weighted by Crippen LogP contribution is -2.06. The average Bonchev–Trinajstić information content (AvgIpc) is 2.79. The van der Waals surface area contributed by atoms with E-state index >= 15 is 0 Å². The Hall–Kier alpha value is -1.51. The minimum Gasteiger partial charge on any atom is -0.336 e. The molecule has 2 heterocycles. The Morgan fingerprint density at radius 2 is 2.20 bits per heavy atom. The van der Waals surface area contributed by atoms with E-state index in [1.807, 2.05) is 19.3 Å². The van der Waals surface area contributed by atoms with Gasteiger partial charge in [-0.2, -0.15) is 0 Å². The fourth-order valence-electron chi connectivity index (χ4n) is 1.74. The molecule has 2 rings (SSSR count). The first-order chi connectivity index (χ1) is 7.29. The highest BCUT2D eigenvalue weighted by Gasteiger charge is 1.99. The van der Waals surface area contributed by atoms with E-state index in [2.05, 4.69) is 39.5 Å². The first-order valence-corrected chi connectivity index (χ1v) is 5.42. The maximum atomic E-state index is 4.21. The van der Waals surface area contributed by atoms with Crippen LogP contribution >= 0.6 is 0 Å². The molecule has 0 fully saturated rings.